The average Bonchev–Trinajstić information content (AvgIpc) is 3.27. The van der Waals surface area contributed by atoms with Crippen molar-refractivity contribution < 1.29 is 14.0 Å². The van der Waals surface area contributed by atoms with Crippen LogP contribution in [0.1, 0.15) is 5.82 Å². The average molecular weight is 351 g/mol. The molecular weight excluding hydrogens is 338 g/mol. The molecule has 0 radical (unpaired) electrons. The Balaban J connectivity index is 1.68. The highest BCUT2D eigenvalue weighted by atomic mass is 16.6. The number of hydrogen-bond acceptors (Lipinski definition) is 7. The highest BCUT2D eigenvalue weighted by molar-refractivity contribution is 5.74. The van der Waals surface area contributed by atoms with Crippen LogP contribution in [0.15, 0.2) is 39.8 Å². The van der Waals surface area contributed by atoms with Crippen molar-refractivity contribution in [2.24, 2.45) is 0 Å². The lowest BCUT2D eigenvalue weighted by molar-refractivity contribution is 0.171. The van der Waals surface area contributed by atoms with E-state index in [9.17, 15) is 4.79 Å². The molecule has 130 valence electrons. The van der Waals surface area contributed by atoms with Gasteiger partial charge in [0.1, 0.15) is 18.8 Å². The first-order chi connectivity index (χ1) is 12.7. The van der Waals surface area contributed by atoms with E-state index in [0.717, 1.165) is 5.56 Å². The van der Waals surface area contributed by atoms with Crippen molar-refractivity contribution in [1.82, 2.24) is 24.7 Å². The fraction of sp³-hybridized carbons (Fsp3) is 0.176. The van der Waals surface area contributed by atoms with Gasteiger partial charge >= 0.3 is 0 Å². The predicted molar refractivity (Wildman–Crippen MR) is 90.3 cm³/mol. The molecule has 0 bridgehead atoms. The van der Waals surface area contributed by atoms with E-state index in [1.54, 1.807) is 6.92 Å². The highest BCUT2D eigenvalue weighted by Gasteiger charge is 2.17. The Labute approximate surface area is 146 Å². The third kappa shape index (κ3) is 2.25. The second kappa shape index (κ2) is 5.45. The van der Waals surface area contributed by atoms with E-state index in [1.165, 1.54) is 16.8 Å². The van der Waals surface area contributed by atoms with Crippen LogP contribution < -0.4 is 15.0 Å². The Kier molecular flexibility index (Phi) is 3.08. The number of aromatic nitrogens is 5. The monoisotopic (exact) mass is 351 g/mol. The highest BCUT2D eigenvalue weighted by Crippen LogP contribution is 2.34. The lowest BCUT2D eigenvalue weighted by atomic mass is 10.1. The molecule has 0 unspecified atom stereocenters. The van der Waals surface area contributed by atoms with Crippen LogP contribution in [0.25, 0.3) is 28.4 Å². The lowest BCUT2D eigenvalue weighted by Gasteiger charge is -2.18. The van der Waals surface area contributed by atoms with Gasteiger partial charge in [0.2, 0.25) is 0 Å². The number of aromatic amines is 1. The van der Waals surface area contributed by atoms with Gasteiger partial charge in [-0.05, 0) is 25.1 Å². The molecule has 0 saturated heterocycles. The Morgan fingerprint density at radius 3 is 2.81 bits per heavy atom. The summed E-state index contributed by atoms with van der Waals surface area (Å²) in [5.41, 5.74) is 2.18. The van der Waals surface area contributed by atoms with Crippen LogP contribution in [0.2, 0.25) is 0 Å². The molecule has 0 fully saturated rings. The predicted octanol–water partition coefficient (Wildman–Crippen LogP) is 1.82. The SMILES string of the molecule is Cc1noc(-c2cnn3c(=O)cc(-c4ccc5c(c4)OCCO5)[nH]c23)n1. The first kappa shape index (κ1) is 14.7. The van der Waals surface area contributed by atoms with E-state index in [0.29, 0.717) is 53.3 Å². The van der Waals surface area contributed by atoms with Gasteiger partial charge < -0.3 is 19.0 Å². The third-order valence-electron chi connectivity index (χ3n) is 4.11. The fourth-order valence-electron chi connectivity index (χ4n) is 2.91. The Bertz CT molecular complexity index is 1190. The standard InChI is InChI=1S/C17H13N5O4/c1-9-19-17(26-21-9)11-8-18-22-15(23)7-12(20-16(11)22)10-2-3-13-14(6-10)25-5-4-24-13/h2-3,6-8,20H,4-5H2,1H3. The number of rotatable bonds is 2. The number of nitrogens with zero attached hydrogens (tertiary/aromatic N) is 4. The van der Waals surface area contributed by atoms with Crippen LogP contribution >= 0.6 is 0 Å². The second-order valence-corrected chi connectivity index (χ2v) is 5.85. The number of H-pyrrole nitrogens is 1. The minimum absolute atomic E-state index is 0.272. The molecule has 5 rings (SSSR count). The quantitative estimate of drug-likeness (QED) is 0.587. The minimum Gasteiger partial charge on any atom is -0.486 e. The van der Waals surface area contributed by atoms with Gasteiger partial charge in [0, 0.05) is 11.6 Å². The van der Waals surface area contributed by atoms with Gasteiger partial charge in [-0.15, -0.1) is 0 Å². The van der Waals surface area contributed by atoms with Crippen LogP contribution in [-0.4, -0.2) is 38.0 Å². The molecule has 1 N–H and O–H groups in total. The summed E-state index contributed by atoms with van der Waals surface area (Å²) in [7, 11) is 0. The molecule has 1 aliphatic rings. The van der Waals surface area contributed by atoms with Gasteiger partial charge in [-0.2, -0.15) is 14.6 Å². The van der Waals surface area contributed by atoms with Gasteiger partial charge in [0.15, 0.2) is 23.0 Å². The van der Waals surface area contributed by atoms with Crippen LogP contribution in [0.5, 0.6) is 11.5 Å². The van der Waals surface area contributed by atoms with E-state index in [2.05, 4.69) is 20.2 Å². The van der Waals surface area contributed by atoms with Crippen molar-refractivity contribution in [2.75, 3.05) is 13.2 Å². The van der Waals surface area contributed by atoms with Crippen molar-refractivity contribution in [2.45, 2.75) is 6.92 Å². The second-order valence-electron chi connectivity index (χ2n) is 5.85. The maximum absolute atomic E-state index is 12.5. The first-order valence-corrected chi connectivity index (χ1v) is 8.01. The summed E-state index contributed by atoms with van der Waals surface area (Å²) in [6.07, 6.45) is 1.52. The largest absolute Gasteiger partial charge is 0.486 e. The normalized spacial score (nSPS) is 13.3. The van der Waals surface area contributed by atoms with Crippen molar-refractivity contribution >= 4 is 5.65 Å². The van der Waals surface area contributed by atoms with E-state index in [-0.39, 0.29) is 5.56 Å². The zero-order valence-electron chi connectivity index (χ0n) is 13.7. The number of fused-ring (bicyclic) bond motifs is 2. The van der Waals surface area contributed by atoms with E-state index >= 15 is 0 Å². The number of benzene rings is 1. The molecule has 0 atom stereocenters. The lowest BCUT2D eigenvalue weighted by Crippen LogP contribution is -2.16. The molecule has 9 nitrogen and oxygen atoms in total. The molecular formula is C17H13N5O4. The molecule has 4 aromatic rings. The molecule has 0 aliphatic carbocycles. The zero-order chi connectivity index (χ0) is 17.7. The maximum Gasteiger partial charge on any atom is 0.274 e. The Morgan fingerprint density at radius 2 is 2.00 bits per heavy atom. The van der Waals surface area contributed by atoms with E-state index in [4.69, 9.17) is 14.0 Å². The molecule has 26 heavy (non-hydrogen) atoms. The van der Waals surface area contributed by atoms with E-state index in [1.807, 2.05) is 18.2 Å². The smallest absolute Gasteiger partial charge is 0.274 e. The fourth-order valence-corrected chi connectivity index (χ4v) is 2.91. The number of aryl methyl sites for hydroxylation is 1. The summed E-state index contributed by atoms with van der Waals surface area (Å²) in [5, 5.41) is 7.89. The Morgan fingerprint density at radius 1 is 1.15 bits per heavy atom. The van der Waals surface area contributed by atoms with Crippen molar-refractivity contribution in [1.29, 1.82) is 0 Å². The molecule has 4 heterocycles. The molecule has 1 aliphatic heterocycles. The van der Waals surface area contributed by atoms with E-state index < -0.39 is 0 Å². The molecule has 1 aromatic carbocycles. The molecule has 0 amide bonds. The van der Waals surface area contributed by atoms with Crippen LogP contribution in [0.3, 0.4) is 0 Å². The van der Waals surface area contributed by atoms with Crippen LogP contribution in [0, 0.1) is 6.92 Å². The number of nitrogens with one attached hydrogen (secondary N) is 1. The topological polar surface area (TPSA) is 108 Å². The third-order valence-corrected chi connectivity index (χ3v) is 4.11. The number of ether oxygens (including phenoxy) is 2. The van der Waals surface area contributed by atoms with Gasteiger partial charge in [-0.25, -0.2) is 0 Å². The molecule has 3 aromatic heterocycles. The molecule has 0 saturated carbocycles. The van der Waals surface area contributed by atoms with Gasteiger partial charge in [-0.3, -0.25) is 4.79 Å². The summed E-state index contributed by atoms with van der Waals surface area (Å²) in [6, 6.07) is 7.00. The maximum atomic E-state index is 12.5. The van der Waals surface area contributed by atoms with Crippen LogP contribution in [-0.2, 0) is 0 Å². The summed E-state index contributed by atoms with van der Waals surface area (Å²) < 4.78 is 17.6. The van der Waals surface area contributed by atoms with Crippen molar-refractivity contribution in [3.63, 3.8) is 0 Å². The van der Waals surface area contributed by atoms with Crippen molar-refractivity contribution in [3.05, 3.63) is 46.6 Å². The van der Waals surface area contributed by atoms with Gasteiger partial charge in [0.25, 0.3) is 11.4 Å². The number of hydrogen-bond donors (Lipinski definition) is 1. The minimum atomic E-state index is -0.272. The first-order valence-electron chi connectivity index (χ1n) is 8.01. The zero-order valence-corrected chi connectivity index (χ0v) is 13.7. The van der Waals surface area contributed by atoms with Crippen molar-refractivity contribution in [3.8, 4) is 34.2 Å². The summed E-state index contributed by atoms with van der Waals surface area (Å²) in [6.45, 7) is 2.75. The molecule has 9 heteroatoms. The van der Waals surface area contributed by atoms with Crippen LogP contribution in [0.4, 0.5) is 0 Å². The summed E-state index contributed by atoms with van der Waals surface area (Å²) >= 11 is 0. The molecule has 0 spiro atoms. The van der Waals surface area contributed by atoms with Gasteiger partial charge in [-0.1, -0.05) is 5.16 Å². The van der Waals surface area contributed by atoms with Gasteiger partial charge in [0.05, 0.1) is 11.9 Å². The summed E-state index contributed by atoms with van der Waals surface area (Å²) in [4.78, 5) is 19.9. The Hall–Kier alpha value is -3.62. The summed E-state index contributed by atoms with van der Waals surface area (Å²) in [5.74, 6) is 2.14.